The van der Waals surface area contributed by atoms with Crippen LogP contribution in [0.5, 0.6) is 5.75 Å². The molecule has 0 saturated carbocycles. The van der Waals surface area contributed by atoms with Crippen molar-refractivity contribution in [2.75, 3.05) is 33.3 Å². The fourth-order valence-corrected chi connectivity index (χ4v) is 2.96. The number of rotatable bonds is 5. The van der Waals surface area contributed by atoms with Gasteiger partial charge < -0.3 is 9.26 Å². The highest BCUT2D eigenvalue weighted by Gasteiger charge is 2.29. The van der Waals surface area contributed by atoms with Crippen molar-refractivity contribution in [3.8, 4) is 5.75 Å². The third kappa shape index (κ3) is 3.73. The summed E-state index contributed by atoms with van der Waals surface area (Å²) >= 11 is 0. The minimum absolute atomic E-state index is 0.0625. The third-order valence-electron chi connectivity index (χ3n) is 4.26. The Kier molecular flexibility index (Phi) is 5.11. The molecule has 0 radical (unpaired) electrons. The van der Waals surface area contributed by atoms with Crippen LogP contribution >= 0.6 is 0 Å². The zero-order chi connectivity index (χ0) is 17.1. The molecule has 2 heterocycles. The Morgan fingerprint density at radius 3 is 2.88 bits per heavy atom. The van der Waals surface area contributed by atoms with E-state index in [-0.39, 0.29) is 11.9 Å². The molecular formula is C17H23FN4O2. The zero-order valence-corrected chi connectivity index (χ0v) is 14.3. The molecule has 1 aliphatic rings. The van der Waals surface area contributed by atoms with Gasteiger partial charge in [0.05, 0.1) is 6.61 Å². The van der Waals surface area contributed by atoms with Gasteiger partial charge in [0.15, 0.2) is 17.4 Å². The van der Waals surface area contributed by atoms with E-state index in [0.29, 0.717) is 30.6 Å². The standard InChI is InChI=1S/C17H23FN4O2/c1-4-23-16-6-5-13(9-14(16)18)10-22-8-7-21(3)15(11-22)17-19-12(2)20-24-17/h5-6,9,15H,4,7-8,10-11H2,1-3H3/t15-/m0/s1. The van der Waals surface area contributed by atoms with Crippen LogP contribution in [0, 0.1) is 12.7 Å². The molecule has 0 bridgehead atoms. The second-order valence-electron chi connectivity index (χ2n) is 6.11. The van der Waals surface area contributed by atoms with Crippen LogP contribution in [0.1, 0.15) is 30.2 Å². The van der Waals surface area contributed by atoms with Crippen LogP contribution in [-0.4, -0.2) is 53.2 Å². The summed E-state index contributed by atoms with van der Waals surface area (Å²) in [7, 11) is 2.05. The van der Waals surface area contributed by atoms with Gasteiger partial charge in [-0.05, 0) is 38.6 Å². The van der Waals surface area contributed by atoms with Gasteiger partial charge in [0.1, 0.15) is 6.04 Å². The van der Waals surface area contributed by atoms with E-state index in [9.17, 15) is 4.39 Å². The largest absolute Gasteiger partial charge is 0.491 e. The molecule has 0 unspecified atom stereocenters. The molecule has 6 nitrogen and oxygen atoms in total. The zero-order valence-electron chi connectivity index (χ0n) is 14.3. The molecule has 1 aliphatic heterocycles. The minimum atomic E-state index is -0.312. The lowest BCUT2D eigenvalue weighted by Gasteiger charge is -2.37. The summed E-state index contributed by atoms with van der Waals surface area (Å²) in [4.78, 5) is 8.84. The molecule has 3 rings (SSSR count). The molecule has 1 atom stereocenters. The molecule has 0 N–H and O–H groups in total. The van der Waals surface area contributed by atoms with E-state index in [2.05, 4.69) is 27.0 Å². The van der Waals surface area contributed by atoms with Gasteiger partial charge in [-0.25, -0.2) is 4.39 Å². The van der Waals surface area contributed by atoms with Crippen LogP contribution in [0.3, 0.4) is 0 Å². The van der Waals surface area contributed by atoms with E-state index in [4.69, 9.17) is 9.26 Å². The number of ether oxygens (including phenoxy) is 1. The van der Waals surface area contributed by atoms with Crippen molar-refractivity contribution in [2.45, 2.75) is 26.4 Å². The lowest BCUT2D eigenvalue weighted by atomic mass is 10.1. The Hall–Kier alpha value is -1.99. The lowest BCUT2D eigenvalue weighted by molar-refractivity contribution is 0.0714. The van der Waals surface area contributed by atoms with E-state index < -0.39 is 0 Å². The van der Waals surface area contributed by atoms with Crippen LogP contribution in [-0.2, 0) is 6.54 Å². The predicted molar refractivity (Wildman–Crippen MR) is 87.3 cm³/mol. The fraction of sp³-hybridized carbons (Fsp3) is 0.529. The average Bonchev–Trinajstić information content (AvgIpc) is 2.98. The lowest BCUT2D eigenvalue weighted by Crippen LogP contribution is -2.46. The van der Waals surface area contributed by atoms with Crippen molar-refractivity contribution in [3.63, 3.8) is 0 Å². The van der Waals surface area contributed by atoms with Crippen LogP contribution in [0.4, 0.5) is 4.39 Å². The second kappa shape index (κ2) is 7.27. The number of halogens is 1. The Morgan fingerprint density at radius 2 is 2.21 bits per heavy atom. The highest BCUT2D eigenvalue weighted by Crippen LogP contribution is 2.25. The summed E-state index contributed by atoms with van der Waals surface area (Å²) in [6.07, 6.45) is 0. The van der Waals surface area contributed by atoms with E-state index in [1.807, 2.05) is 19.9 Å². The van der Waals surface area contributed by atoms with E-state index in [1.165, 1.54) is 0 Å². The van der Waals surface area contributed by atoms with Crippen LogP contribution in [0.25, 0.3) is 0 Å². The molecule has 130 valence electrons. The van der Waals surface area contributed by atoms with Crippen LogP contribution < -0.4 is 4.74 Å². The first-order valence-corrected chi connectivity index (χ1v) is 8.21. The van der Waals surface area contributed by atoms with E-state index >= 15 is 0 Å². The molecule has 0 spiro atoms. The normalized spacial score (nSPS) is 19.6. The predicted octanol–water partition coefficient (Wildman–Crippen LogP) is 2.40. The monoisotopic (exact) mass is 334 g/mol. The quantitative estimate of drug-likeness (QED) is 0.837. The Morgan fingerprint density at radius 1 is 1.38 bits per heavy atom. The number of hydrogen-bond donors (Lipinski definition) is 0. The van der Waals surface area contributed by atoms with Gasteiger partial charge >= 0.3 is 0 Å². The van der Waals surface area contributed by atoms with E-state index in [1.54, 1.807) is 12.1 Å². The molecule has 7 heteroatoms. The number of aromatic nitrogens is 2. The maximum atomic E-state index is 14.0. The molecule has 0 amide bonds. The molecule has 2 aromatic rings. The summed E-state index contributed by atoms with van der Waals surface area (Å²) in [5.41, 5.74) is 0.931. The van der Waals surface area contributed by atoms with Gasteiger partial charge in [0.25, 0.3) is 0 Å². The number of hydrogen-bond acceptors (Lipinski definition) is 6. The van der Waals surface area contributed by atoms with Gasteiger partial charge in [-0.2, -0.15) is 4.98 Å². The fourth-order valence-electron chi connectivity index (χ4n) is 2.96. The average molecular weight is 334 g/mol. The molecule has 1 aromatic carbocycles. The molecule has 1 fully saturated rings. The summed E-state index contributed by atoms with van der Waals surface area (Å²) in [6, 6.07) is 5.23. The molecule has 0 aliphatic carbocycles. The molecular weight excluding hydrogens is 311 g/mol. The number of aryl methyl sites for hydroxylation is 1. The highest BCUT2D eigenvalue weighted by molar-refractivity contribution is 5.29. The molecule has 24 heavy (non-hydrogen) atoms. The first-order chi connectivity index (χ1) is 11.6. The van der Waals surface area contributed by atoms with Crippen molar-refractivity contribution in [1.29, 1.82) is 0 Å². The SMILES string of the molecule is CCOc1ccc(CN2CCN(C)[C@H](c3nc(C)no3)C2)cc1F. The summed E-state index contributed by atoms with van der Waals surface area (Å²) in [5, 5.41) is 3.88. The third-order valence-corrected chi connectivity index (χ3v) is 4.26. The maximum absolute atomic E-state index is 14.0. The van der Waals surface area contributed by atoms with Crippen molar-refractivity contribution < 1.29 is 13.7 Å². The second-order valence-corrected chi connectivity index (χ2v) is 6.11. The maximum Gasteiger partial charge on any atom is 0.245 e. The Labute approximate surface area is 141 Å². The Balaban J connectivity index is 1.68. The first-order valence-electron chi connectivity index (χ1n) is 8.21. The number of likely N-dealkylation sites (N-methyl/N-ethyl adjacent to an activating group) is 1. The smallest absolute Gasteiger partial charge is 0.245 e. The van der Waals surface area contributed by atoms with Gasteiger partial charge in [-0.1, -0.05) is 11.2 Å². The van der Waals surface area contributed by atoms with E-state index in [0.717, 1.165) is 25.2 Å². The van der Waals surface area contributed by atoms with Crippen LogP contribution in [0.2, 0.25) is 0 Å². The highest BCUT2D eigenvalue weighted by atomic mass is 19.1. The first kappa shape index (κ1) is 16.9. The van der Waals surface area contributed by atoms with Crippen molar-refractivity contribution in [2.24, 2.45) is 0 Å². The van der Waals surface area contributed by atoms with Crippen molar-refractivity contribution in [1.82, 2.24) is 19.9 Å². The number of nitrogens with zero attached hydrogens (tertiary/aromatic N) is 4. The van der Waals surface area contributed by atoms with Crippen LogP contribution in [0.15, 0.2) is 22.7 Å². The van der Waals surface area contributed by atoms with Crippen molar-refractivity contribution in [3.05, 3.63) is 41.3 Å². The summed E-state index contributed by atoms with van der Waals surface area (Å²) < 4.78 is 24.6. The number of benzene rings is 1. The Bertz CT molecular complexity index is 691. The van der Waals surface area contributed by atoms with Crippen molar-refractivity contribution >= 4 is 0 Å². The van der Waals surface area contributed by atoms with Gasteiger partial charge in [0.2, 0.25) is 5.89 Å². The van der Waals surface area contributed by atoms with Gasteiger partial charge in [-0.3, -0.25) is 9.80 Å². The summed E-state index contributed by atoms with van der Waals surface area (Å²) in [5.74, 6) is 1.27. The van der Waals surface area contributed by atoms with Gasteiger partial charge in [-0.15, -0.1) is 0 Å². The summed E-state index contributed by atoms with van der Waals surface area (Å²) in [6.45, 7) is 7.38. The van der Waals surface area contributed by atoms with Gasteiger partial charge in [0, 0.05) is 26.2 Å². The number of piperazine rings is 1. The molecule has 1 aromatic heterocycles. The minimum Gasteiger partial charge on any atom is -0.491 e. The molecule has 1 saturated heterocycles. The topological polar surface area (TPSA) is 54.6 Å².